The molecule has 0 spiro atoms. The molecule has 0 unspecified atom stereocenters. The van der Waals surface area contributed by atoms with Crippen molar-refractivity contribution in [1.82, 2.24) is 0 Å². The third-order valence-corrected chi connectivity index (χ3v) is 5.57. The molecule has 1 heterocycles. The molecule has 1 heteroatoms. The molecule has 2 rings (SSSR count). The van der Waals surface area contributed by atoms with Crippen LogP contribution in [0.2, 0.25) is 0 Å². The van der Waals surface area contributed by atoms with Crippen molar-refractivity contribution in [2.45, 2.75) is 20.8 Å². The zero-order valence-corrected chi connectivity index (χ0v) is 10.5. The maximum absolute atomic E-state index is 2.26. The van der Waals surface area contributed by atoms with Gasteiger partial charge in [0, 0.05) is 0 Å². The van der Waals surface area contributed by atoms with Crippen molar-refractivity contribution < 1.29 is 0 Å². The molecule has 0 amide bonds. The summed E-state index contributed by atoms with van der Waals surface area (Å²) in [5.74, 6) is 0. The third kappa shape index (κ3) is 1.58. The van der Waals surface area contributed by atoms with Crippen molar-refractivity contribution in [2.75, 3.05) is 0 Å². The van der Waals surface area contributed by atoms with Crippen LogP contribution < -0.4 is 0 Å². The van der Waals surface area contributed by atoms with Gasteiger partial charge in [-0.25, -0.2) is 0 Å². The fourth-order valence-electron chi connectivity index (χ4n) is 1.61. The number of hydrogen-bond acceptors (Lipinski definition) is 0. The molecule has 0 aliphatic rings. The van der Waals surface area contributed by atoms with Gasteiger partial charge in [-0.05, 0) is 0 Å². The molecule has 0 radical (unpaired) electrons. The monoisotopic (exact) mass is 250 g/mol. The first-order valence-electron chi connectivity index (χ1n) is 4.82. The average molecular weight is 249 g/mol. The van der Waals surface area contributed by atoms with Gasteiger partial charge >= 0.3 is 91.2 Å². The summed E-state index contributed by atoms with van der Waals surface area (Å²) in [7, 11) is 0. The van der Waals surface area contributed by atoms with Crippen molar-refractivity contribution >= 4 is 14.5 Å². The van der Waals surface area contributed by atoms with Gasteiger partial charge in [0.05, 0.1) is 0 Å². The quantitative estimate of drug-likeness (QED) is 0.680. The number of hydrogen-bond donors (Lipinski definition) is 0. The summed E-state index contributed by atoms with van der Waals surface area (Å²) >= 11 is 0.551. The molecule has 0 aliphatic heterocycles. The second-order valence-electron chi connectivity index (χ2n) is 3.60. The van der Waals surface area contributed by atoms with E-state index in [4.69, 9.17) is 0 Å². The van der Waals surface area contributed by atoms with Crippen molar-refractivity contribution in [1.29, 1.82) is 0 Å². The van der Waals surface area contributed by atoms with Gasteiger partial charge in [0.1, 0.15) is 0 Å². The van der Waals surface area contributed by atoms with E-state index in [1.165, 1.54) is 16.7 Å². The number of benzene rings is 1. The second kappa shape index (κ2) is 3.76. The Morgan fingerprint density at radius 1 is 0.857 bits per heavy atom. The van der Waals surface area contributed by atoms with Gasteiger partial charge in [-0.15, -0.1) is 0 Å². The Kier molecular flexibility index (Phi) is 2.62. The first kappa shape index (κ1) is 9.76. The minimum absolute atomic E-state index is 0.551. The summed E-state index contributed by atoms with van der Waals surface area (Å²) in [5.41, 5.74) is 4.40. The number of aryl methyl sites for hydroxylation is 1. The van der Waals surface area contributed by atoms with Crippen LogP contribution in [0.3, 0.4) is 0 Å². The number of rotatable bonds is 1. The van der Waals surface area contributed by atoms with Crippen molar-refractivity contribution in [2.24, 2.45) is 0 Å². The van der Waals surface area contributed by atoms with E-state index in [9.17, 15) is 0 Å². The van der Waals surface area contributed by atoms with E-state index >= 15 is 0 Å². The van der Waals surface area contributed by atoms with Gasteiger partial charge in [0.15, 0.2) is 0 Å². The standard InChI is InChI=1S/C13H14Se/c1-9-10(2)13(14-11(9)3)12-7-5-4-6-8-12/h4-8H,1-3H3. The summed E-state index contributed by atoms with van der Waals surface area (Å²) in [4.78, 5) is 0. The molecule has 0 saturated carbocycles. The molecule has 0 atom stereocenters. The average Bonchev–Trinajstić information content (AvgIpc) is 2.47. The van der Waals surface area contributed by atoms with Crippen LogP contribution in [0, 0.1) is 20.8 Å². The normalized spacial score (nSPS) is 10.5. The SMILES string of the molecule is Cc1[se]c(-c2ccccc2)c(C)c1C. The summed E-state index contributed by atoms with van der Waals surface area (Å²) in [6, 6.07) is 10.7. The van der Waals surface area contributed by atoms with Crippen LogP contribution in [0.25, 0.3) is 10.0 Å². The van der Waals surface area contributed by atoms with Crippen molar-refractivity contribution in [3.05, 3.63) is 45.9 Å². The fraction of sp³-hybridized carbons (Fsp3) is 0.231. The molecule has 0 fully saturated rings. The zero-order chi connectivity index (χ0) is 10.1. The van der Waals surface area contributed by atoms with E-state index in [0.717, 1.165) is 0 Å². The van der Waals surface area contributed by atoms with Crippen molar-refractivity contribution in [3.63, 3.8) is 0 Å². The Balaban J connectivity index is 2.58. The first-order valence-corrected chi connectivity index (χ1v) is 6.53. The van der Waals surface area contributed by atoms with Gasteiger partial charge < -0.3 is 0 Å². The Morgan fingerprint density at radius 2 is 1.50 bits per heavy atom. The van der Waals surface area contributed by atoms with E-state index in [0.29, 0.717) is 14.5 Å². The predicted molar refractivity (Wildman–Crippen MR) is 63.0 cm³/mol. The predicted octanol–water partition coefficient (Wildman–Crippen LogP) is 3.34. The fourth-order valence-corrected chi connectivity index (χ4v) is 4.07. The summed E-state index contributed by atoms with van der Waals surface area (Å²) < 4.78 is 3.14. The summed E-state index contributed by atoms with van der Waals surface area (Å²) in [5, 5.41) is 0. The van der Waals surface area contributed by atoms with Gasteiger partial charge in [0.2, 0.25) is 0 Å². The van der Waals surface area contributed by atoms with Gasteiger partial charge in [-0.3, -0.25) is 0 Å². The van der Waals surface area contributed by atoms with Crippen LogP contribution in [-0.4, -0.2) is 14.5 Å². The topological polar surface area (TPSA) is 0 Å². The Hall–Kier alpha value is -0.781. The van der Waals surface area contributed by atoms with E-state index < -0.39 is 0 Å². The Bertz CT molecular complexity index is 438. The Labute approximate surface area is 91.3 Å². The molecule has 0 saturated heterocycles. The van der Waals surface area contributed by atoms with Gasteiger partial charge in [0.25, 0.3) is 0 Å². The van der Waals surface area contributed by atoms with E-state index in [-0.39, 0.29) is 0 Å². The van der Waals surface area contributed by atoms with Crippen LogP contribution in [0.4, 0.5) is 0 Å². The molecule has 14 heavy (non-hydrogen) atoms. The van der Waals surface area contributed by atoms with E-state index in [1.807, 2.05) is 0 Å². The van der Waals surface area contributed by atoms with Crippen LogP contribution >= 0.6 is 0 Å². The summed E-state index contributed by atoms with van der Waals surface area (Å²) in [6.45, 7) is 6.74. The van der Waals surface area contributed by atoms with Crippen molar-refractivity contribution in [3.8, 4) is 10.0 Å². The molecule has 0 nitrogen and oxygen atoms in total. The van der Waals surface area contributed by atoms with E-state index in [1.54, 1.807) is 8.87 Å². The molecule has 72 valence electrons. The second-order valence-corrected chi connectivity index (χ2v) is 6.17. The first-order chi connectivity index (χ1) is 6.70. The third-order valence-electron chi connectivity index (χ3n) is 2.72. The minimum atomic E-state index is 0.551. The van der Waals surface area contributed by atoms with Crippen LogP contribution in [0.1, 0.15) is 15.6 Å². The zero-order valence-electron chi connectivity index (χ0n) is 8.79. The maximum atomic E-state index is 2.26. The molecular weight excluding hydrogens is 235 g/mol. The summed E-state index contributed by atoms with van der Waals surface area (Å²) in [6.07, 6.45) is 0. The Morgan fingerprint density at radius 3 is 2.00 bits per heavy atom. The molecule has 1 aromatic heterocycles. The van der Waals surface area contributed by atoms with Crippen LogP contribution in [-0.2, 0) is 0 Å². The van der Waals surface area contributed by atoms with E-state index in [2.05, 4.69) is 51.1 Å². The van der Waals surface area contributed by atoms with Gasteiger partial charge in [-0.2, -0.15) is 0 Å². The van der Waals surface area contributed by atoms with Gasteiger partial charge in [-0.1, -0.05) is 0 Å². The molecular formula is C13H14Se. The molecule has 1 aromatic carbocycles. The molecule has 0 bridgehead atoms. The molecule has 0 N–H and O–H groups in total. The molecule has 2 aromatic rings. The van der Waals surface area contributed by atoms with Crippen LogP contribution in [0.15, 0.2) is 30.3 Å². The molecule has 0 aliphatic carbocycles. The van der Waals surface area contributed by atoms with Crippen LogP contribution in [0.5, 0.6) is 0 Å².